The molecule has 3 aromatic rings. The molecule has 0 saturated heterocycles. The van der Waals surface area contributed by atoms with E-state index in [2.05, 4.69) is 25.8 Å². The van der Waals surface area contributed by atoms with E-state index in [9.17, 15) is 14.0 Å². The first kappa shape index (κ1) is 20.2. The van der Waals surface area contributed by atoms with Gasteiger partial charge in [-0.2, -0.15) is 0 Å². The van der Waals surface area contributed by atoms with Gasteiger partial charge in [0, 0.05) is 24.3 Å². The summed E-state index contributed by atoms with van der Waals surface area (Å²) in [5.74, 6) is -0.569. The summed E-state index contributed by atoms with van der Waals surface area (Å²) in [6.07, 6.45) is 1.57. The first-order chi connectivity index (χ1) is 13.4. The van der Waals surface area contributed by atoms with E-state index < -0.39 is 5.82 Å². The zero-order chi connectivity index (χ0) is 20.1. The van der Waals surface area contributed by atoms with Crippen molar-refractivity contribution in [3.8, 4) is 0 Å². The Morgan fingerprint density at radius 2 is 2.11 bits per heavy atom. The molecule has 1 aromatic carbocycles. The number of aromatic nitrogens is 4. The van der Waals surface area contributed by atoms with Crippen molar-refractivity contribution in [2.75, 3.05) is 16.4 Å². The maximum absolute atomic E-state index is 13.2. The van der Waals surface area contributed by atoms with Crippen LogP contribution in [0.4, 0.5) is 15.2 Å². The van der Waals surface area contributed by atoms with Crippen LogP contribution in [0.5, 0.6) is 0 Å². The molecule has 8 nitrogen and oxygen atoms in total. The quantitative estimate of drug-likeness (QED) is 0.547. The number of hydrogen-bond donors (Lipinski definition) is 2. The van der Waals surface area contributed by atoms with E-state index in [1.54, 1.807) is 23.2 Å². The highest BCUT2D eigenvalue weighted by atomic mass is 35.5. The van der Waals surface area contributed by atoms with Gasteiger partial charge < -0.3 is 15.2 Å². The molecule has 0 unspecified atom stereocenters. The number of rotatable bonds is 7. The van der Waals surface area contributed by atoms with Crippen LogP contribution in [0.25, 0.3) is 0 Å². The molecule has 0 saturated carbocycles. The van der Waals surface area contributed by atoms with Gasteiger partial charge in [0.05, 0.1) is 17.2 Å². The summed E-state index contributed by atoms with van der Waals surface area (Å²) in [7, 11) is 1.71. The third-order valence-corrected chi connectivity index (χ3v) is 5.46. The predicted octanol–water partition coefficient (Wildman–Crippen LogP) is 2.98. The number of thiazole rings is 1. The van der Waals surface area contributed by atoms with Gasteiger partial charge in [0.25, 0.3) is 0 Å². The van der Waals surface area contributed by atoms with Crippen molar-refractivity contribution < 1.29 is 14.0 Å². The van der Waals surface area contributed by atoms with Gasteiger partial charge in [-0.15, -0.1) is 21.5 Å². The van der Waals surface area contributed by atoms with E-state index in [4.69, 9.17) is 11.6 Å². The summed E-state index contributed by atoms with van der Waals surface area (Å²) in [5, 5.41) is 16.0. The molecule has 0 radical (unpaired) electrons. The predicted molar refractivity (Wildman–Crippen MR) is 106 cm³/mol. The van der Waals surface area contributed by atoms with Crippen molar-refractivity contribution in [2.45, 2.75) is 11.6 Å². The zero-order valence-electron chi connectivity index (χ0n) is 14.5. The summed E-state index contributed by atoms with van der Waals surface area (Å²) < 4.78 is 14.8. The number of carbonyl (C=O) groups excluding carboxylic acids is 2. The summed E-state index contributed by atoms with van der Waals surface area (Å²) in [6.45, 7) is 0. The second-order valence-corrected chi connectivity index (χ2v) is 7.73. The molecule has 2 amide bonds. The zero-order valence-corrected chi connectivity index (χ0v) is 16.9. The molecule has 2 aromatic heterocycles. The molecule has 2 heterocycles. The second kappa shape index (κ2) is 9.13. The lowest BCUT2D eigenvalue weighted by Gasteiger charge is -2.06. The van der Waals surface area contributed by atoms with Gasteiger partial charge in [-0.3, -0.25) is 9.59 Å². The maximum Gasteiger partial charge on any atom is 0.236 e. The van der Waals surface area contributed by atoms with Gasteiger partial charge in [0.1, 0.15) is 11.6 Å². The number of benzene rings is 1. The Bertz CT molecular complexity index is 995. The number of anilines is 2. The highest BCUT2D eigenvalue weighted by molar-refractivity contribution is 7.99. The Kier molecular flexibility index (Phi) is 6.60. The molecule has 0 atom stereocenters. The number of carbonyl (C=O) groups is 2. The van der Waals surface area contributed by atoms with Crippen LogP contribution in [0.3, 0.4) is 0 Å². The molecule has 146 valence electrons. The Morgan fingerprint density at radius 3 is 2.82 bits per heavy atom. The van der Waals surface area contributed by atoms with Crippen LogP contribution in [-0.4, -0.2) is 37.3 Å². The fourth-order valence-electron chi connectivity index (χ4n) is 2.12. The van der Waals surface area contributed by atoms with Gasteiger partial charge in [0.15, 0.2) is 10.3 Å². The molecule has 0 aliphatic rings. The van der Waals surface area contributed by atoms with Gasteiger partial charge in [0.2, 0.25) is 11.8 Å². The number of hydrogen-bond acceptors (Lipinski definition) is 7. The van der Waals surface area contributed by atoms with Crippen molar-refractivity contribution in [1.82, 2.24) is 19.7 Å². The highest BCUT2D eigenvalue weighted by Crippen LogP contribution is 2.20. The number of amides is 2. The third-order valence-electron chi connectivity index (χ3n) is 3.46. The normalized spacial score (nSPS) is 10.7. The molecule has 0 aliphatic heterocycles. The Morgan fingerprint density at radius 1 is 1.29 bits per heavy atom. The molecule has 3 rings (SSSR count). The van der Waals surface area contributed by atoms with Gasteiger partial charge in [-0.25, -0.2) is 9.37 Å². The standard InChI is InChI=1S/C16H14ClFN6O2S2/c1-24-12(7-13(25)20-9-2-3-11(18)10(17)6-9)22-23-16(24)28-8-14(26)21-15-19-4-5-27-15/h2-6H,7-8H2,1H3,(H,20,25)(H,19,21,26). The number of thioether (sulfide) groups is 1. The van der Waals surface area contributed by atoms with E-state index in [-0.39, 0.29) is 29.0 Å². The summed E-state index contributed by atoms with van der Waals surface area (Å²) in [5.41, 5.74) is 0.382. The van der Waals surface area contributed by atoms with Crippen molar-refractivity contribution in [2.24, 2.45) is 7.05 Å². The van der Waals surface area contributed by atoms with Crippen molar-refractivity contribution in [1.29, 1.82) is 0 Å². The van der Waals surface area contributed by atoms with Gasteiger partial charge >= 0.3 is 0 Å². The van der Waals surface area contributed by atoms with E-state index >= 15 is 0 Å². The Labute approximate surface area is 172 Å². The van der Waals surface area contributed by atoms with E-state index in [0.717, 1.165) is 0 Å². The minimum Gasteiger partial charge on any atom is -0.326 e. The lowest BCUT2D eigenvalue weighted by molar-refractivity contribution is -0.116. The maximum atomic E-state index is 13.2. The first-order valence-corrected chi connectivity index (χ1v) is 10.1. The SMILES string of the molecule is Cn1c(CC(=O)Nc2ccc(F)c(Cl)c2)nnc1SCC(=O)Nc1nccs1. The third kappa shape index (κ3) is 5.27. The van der Waals surface area contributed by atoms with Crippen LogP contribution in [0.1, 0.15) is 5.82 Å². The summed E-state index contributed by atoms with van der Waals surface area (Å²) in [6, 6.07) is 3.91. The fraction of sp³-hybridized carbons (Fsp3) is 0.188. The van der Waals surface area contributed by atoms with Crippen LogP contribution in [-0.2, 0) is 23.1 Å². The molecule has 0 fully saturated rings. The smallest absolute Gasteiger partial charge is 0.236 e. The first-order valence-electron chi connectivity index (χ1n) is 7.87. The van der Waals surface area contributed by atoms with Crippen LogP contribution < -0.4 is 10.6 Å². The van der Waals surface area contributed by atoms with Gasteiger partial charge in [-0.05, 0) is 18.2 Å². The monoisotopic (exact) mass is 440 g/mol. The Balaban J connectivity index is 1.54. The average molecular weight is 441 g/mol. The topological polar surface area (TPSA) is 102 Å². The van der Waals surface area contributed by atoms with Crippen molar-refractivity contribution in [3.05, 3.63) is 46.4 Å². The molecular weight excluding hydrogens is 427 g/mol. The minimum atomic E-state index is -0.562. The van der Waals surface area contributed by atoms with E-state index in [0.29, 0.717) is 21.8 Å². The highest BCUT2D eigenvalue weighted by Gasteiger charge is 2.15. The lowest BCUT2D eigenvalue weighted by Crippen LogP contribution is -2.17. The molecule has 0 spiro atoms. The van der Waals surface area contributed by atoms with Crippen LogP contribution in [0.15, 0.2) is 34.9 Å². The van der Waals surface area contributed by atoms with Crippen LogP contribution in [0.2, 0.25) is 5.02 Å². The lowest BCUT2D eigenvalue weighted by atomic mass is 10.3. The number of halogens is 2. The molecule has 28 heavy (non-hydrogen) atoms. The van der Waals surface area contributed by atoms with Crippen molar-refractivity contribution >= 4 is 57.3 Å². The molecule has 2 N–H and O–H groups in total. The van der Waals surface area contributed by atoms with Gasteiger partial charge in [-0.1, -0.05) is 23.4 Å². The average Bonchev–Trinajstić information content (AvgIpc) is 3.27. The molecule has 0 aliphatic carbocycles. The van der Waals surface area contributed by atoms with Crippen LogP contribution >= 0.6 is 34.7 Å². The number of nitrogens with zero attached hydrogens (tertiary/aromatic N) is 4. The van der Waals surface area contributed by atoms with Crippen molar-refractivity contribution in [3.63, 3.8) is 0 Å². The second-order valence-electron chi connectivity index (χ2n) is 5.49. The summed E-state index contributed by atoms with van der Waals surface area (Å²) in [4.78, 5) is 28.1. The number of nitrogens with one attached hydrogen (secondary N) is 2. The largest absolute Gasteiger partial charge is 0.326 e. The van der Waals surface area contributed by atoms with E-state index in [1.807, 2.05) is 0 Å². The Hall–Kier alpha value is -2.50. The minimum absolute atomic E-state index is 0.0373. The van der Waals surface area contributed by atoms with Crippen LogP contribution in [0, 0.1) is 5.82 Å². The fourth-order valence-corrected chi connectivity index (χ4v) is 3.57. The molecule has 12 heteroatoms. The summed E-state index contributed by atoms with van der Waals surface area (Å²) >= 11 is 8.23. The molecular formula is C16H14ClFN6O2S2. The molecule has 0 bridgehead atoms. The van der Waals surface area contributed by atoms with E-state index in [1.165, 1.54) is 41.3 Å².